The summed E-state index contributed by atoms with van der Waals surface area (Å²) < 4.78 is 1.78. The number of carbonyl (C=O) groups is 1. The van der Waals surface area contributed by atoms with Gasteiger partial charge < -0.3 is 0 Å². The van der Waals surface area contributed by atoms with Crippen LogP contribution in [0.25, 0.3) is 21.8 Å². The third-order valence-corrected chi connectivity index (χ3v) is 3.42. The first-order valence-corrected chi connectivity index (χ1v) is 6.52. The van der Waals surface area contributed by atoms with Crippen LogP contribution in [0.15, 0.2) is 48.5 Å². The lowest BCUT2D eigenvalue weighted by Crippen LogP contribution is -2.10. The predicted octanol–water partition coefficient (Wildman–Crippen LogP) is 3.83. The molecule has 1 aromatic heterocycles. The molecule has 0 saturated carbocycles. The summed E-state index contributed by atoms with van der Waals surface area (Å²) in [7, 11) is 0. The van der Waals surface area contributed by atoms with Crippen LogP contribution >= 0.6 is 15.9 Å². The molecule has 2 aromatic carbocycles. The van der Waals surface area contributed by atoms with Crippen molar-refractivity contribution in [1.29, 1.82) is 0 Å². The van der Waals surface area contributed by atoms with E-state index in [4.69, 9.17) is 0 Å². The Hall–Kier alpha value is -1.61. The fourth-order valence-electron chi connectivity index (χ4n) is 2.25. The molecule has 1 heterocycles. The molecule has 2 nitrogen and oxygen atoms in total. The van der Waals surface area contributed by atoms with E-state index in [1.165, 1.54) is 0 Å². The van der Waals surface area contributed by atoms with E-state index in [9.17, 15) is 4.79 Å². The number of halogens is 1. The van der Waals surface area contributed by atoms with E-state index in [0.717, 1.165) is 21.8 Å². The SMILES string of the molecule is O=C(CBr)n1c2ccccc2c2ccccc21. The summed E-state index contributed by atoms with van der Waals surface area (Å²) in [6.07, 6.45) is 0. The van der Waals surface area contributed by atoms with Gasteiger partial charge in [0.15, 0.2) is 0 Å². The molecular weight excluding hydrogens is 278 g/mol. The van der Waals surface area contributed by atoms with E-state index in [1.54, 1.807) is 4.57 Å². The second kappa shape index (κ2) is 4.00. The zero-order chi connectivity index (χ0) is 11.8. The number of fused-ring (bicyclic) bond motifs is 3. The summed E-state index contributed by atoms with van der Waals surface area (Å²) in [5.41, 5.74) is 1.94. The smallest absolute Gasteiger partial charge is 0.242 e. The summed E-state index contributed by atoms with van der Waals surface area (Å²) in [5.74, 6) is 0.0578. The maximum absolute atomic E-state index is 12.0. The van der Waals surface area contributed by atoms with Crippen LogP contribution in [0, 0.1) is 0 Å². The van der Waals surface area contributed by atoms with Gasteiger partial charge in [0.05, 0.1) is 16.4 Å². The number of benzene rings is 2. The summed E-state index contributed by atoms with van der Waals surface area (Å²) in [6, 6.07) is 16.0. The number of hydrogen-bond donors (Lipinski definition) is 0. The molecule has 0 radical (unpaired) electrons. The molecule has 84 valence electrons. The molecule has 0 aliphatic rings. The number of para-hydroxylation sites is 2. The van der Waals surface area contributed by atoms with Crippen LogP contribution in [0.1, 0.15) is 4.79 Å². The van der Waals surface area contributed by atoms with Gasteiger partial charge in [-0.15, -0.1) is 0 Å². The average molecular weight is 288 g/mol. The molecule has 0 aliphatic heterocycles. The molecule has 0 N–H and O–H groups in total. The Morgan fingerprint density at radius 3 is 1.88 bits per heavy atom. The Bertz CT molecular complexity index is 661. The highest BCUT2D eigenvalue weighted by molar-refractivity contribution is 9.09. The number of nitrogens with zero attached hydrogens (tertiary/aromatic N) is 1. The van der Waals surface area contributed by atoms with Crippen LogP contribution < -0.4 is 0 Å². The average Bonchev–Trinajstić information content (AvgIpc) is 2.72. The van der Waals surface area contributed by atoms with Gasteiger partial charge in [-0.1, -0.05) is 52.3 Å². The summed E-state index contributed by atoms with van der Waals surface area (Å²) in [6.45, 7) is 0. The largest absolute Gasteiger partial charge is 0.279 e. The Balaban J connectivity index is 2.54. The van der Waals surface area contributed by atoms with Crippen molar-refractivity contribution >= 4 is 43.6 Å². The second-order valence-corrected chi connectivity index (χ2v) is 4.46. The zero-order valence-electron chi connectivity index (χ0n) is 9.06. The van der Waals surface area contributed by atoms with E-state index in [2.05, 4.69) is 28.1 Å². The Morgan fingerprint density at radius 1 is 0.941 bits per heavy atom. The van der Waals surface area contributed by atoms with Gasteiger partial charge >= 0.3 is 0 Å². The van der Waals surface area contributed by atoms with E-state index < -0.39 is 0 Å². The first kappa shape index (κ1) is 10.5. The van der Waals surface area contributed by atoms with Gasteiger partial charge in [-0.3, -0.25) is 9.36 Å². The van der Waals surface area contributed by atoms with Crippen LogP contribution in [-0.4, -0.2) is 15.8 Å². The van der Waals surface area contributed by atoms with Gasteiger partial charge in [0.25, 0.3) is 0 Å². The van der Waals surface area contributed by atoms with Crippen molar-refractivity contribution in [3.05, 3.63) is 48.5 Å². The number of hydrogen-bond acceptors (Lipinski definition) is 1. The third-order valence-electron chi connectivity index (χ3n) is 2.94. The standard InChI is InChI=1S/C14H10BrNO/c15-9-14(17)16-12-7-3-1-5-10(12)11-6-2-4-8-13(11)16/h1-8H,9H2. The highest BCUT2D eigenvalue weighted by Crippen LogP contribution is 2.28. The van der Waals surface area contributed by atoms with Crippen LogP contribution in [-0.2, 0) is 0 Å². The first-order chi connectivity index (χ1) is 8.33. The van der Waals surface area contributed by atoms with Crippen molar-refractivity contribution in [3.63, 3.8) is 0 Å². The van der Waals surface area contributed by atoms with E-state index in [1.807, 2.05) is 36.4 Å². The number of alkyl halides is 1. The van der Waals surface area contributed by atoms with E-state index in [-0.39, 0.29) is 5.91 Å². The summed E-state index contributed by atoms with van der Waals surface area (Å²) >= 11 is 3.24. The highest BCUT2D eigenvalue weighted by atomic mass is 79.9. The Morgan fingerprint density at radius 2 is 1.41 bits per heavy atom. The molecule has 0 aliphatic carbocycles. The lowest BCUT2D eigenvalue weighted by Gasteiger charge is -2.02. The van der Waals surface area contributed by atoms with Gasteiger partial charge in [-0.2, -0.15) is 0 Å². The molecule has 0 bridgehead atoms. The van der Waals surface area contributed by atoms with Gasteiger partial charge in [0, 0.05) is 10.8 Å². The lowest BCUT2D eigenvalue weighted by molar-refractivity contribution is 0.0953. The summed E-state index contributed by atoms with van der Waals surface area (Å²) in [4.78, 5) is 12.0. The van der Waals surface area contributed by atoms with Gasteiger partial charge in [-0.25, -0.2) is 0 Å². The second-order valence-electron chi connectivity index (χ2n) is 3.90. The molecular formula is C14H10BrNO. The monoisotopic (exact) mass is 287 g/mol. The highest BCUT2D eigenvalue weighted by Gasteiger charge is 2.13. The molecule has 0 atom stereocenters. The first-order valence-electron chi connectivity index (χ1n) is 5.40. The van der Waals surface area contributed by atoms with Crippen molar-refractivity contribution in [2.45, 2.75) is 0 Å². The fraction of sp³-hybridized carbons (Fsp3) is 0.0714. The maximum Gasteiger partial charge on any atom is 0.242 e. The molecule has 3 aromatic rings. The van der Waals surface area contributed by atoms with Crippen molar-refractivity contribution < 1.29 is 4.79 Å². The van der Waals surface area contributed by atoms with Crippen molar-refractivity contribution in [3.8, 4) is 0 Å². The summed E-state index contributed by atoms with van der Waals surface area (Å²) in [5, 5.41) is 2.57. The maximum atomic E-state index is 12.0. The van der Waals surface area contributed by atoms with Crippen LogP contribution in [0.4, 0.5) is 0 Å². The number of rotatable bonds is 1. The number of aromatic nitrogens is 1. The minimum absolute atomic E-state index is 0.0578. The molecule has 0 saturated heterocycles. The Kier molecular flexibility index (Phi) is 2.48. The predicted molar refractivity (Wildman–Crippen MR) is 73.9 cm³/mol. The molecule has 3 rings (SSSR count). The molecule has 0 unspecified atom stereocenters. The van der Waals surface area contributed by atoms with Crippen LogP contribution in [0.3, 0.4) is 0 Å². The van der Waals surface area contributed by atoms with Gasteiger partial charge in [-0.05, 0) is 12.1 Å². The van der Waals surface area contributed by atoms with Gasteiger partial charge in [0.1, 0.15) is 0 Å². The molecule has 0 amide bonds. The zero-order valence-corrected chi connectivity index (χ0v) is 10.6. The third kappa shape index (κ3) is 1.50. The fourth-order valence-corrected chi connectivity index (χ4v) is 2.50. The van der Waals surface area contributed by atoms with E-state index in [0.29, 0.717) is 5.33 Å². The van der Waals surface area contributed by atoms with E-state index >= 15 is 0 Å². The van der Waals surface area contributed by atoms with Crippen molar-refractivity contribution in [2.75, 3.05) is 5.33 Å². The normalized spacial score (nSPS) is 11.1. The van der Waals surface area contributed by atoms with Crippen molar-refractivity contribution in [1.82, 2.24) is 4.57 Å². The lowest BCUT2D eigenvalue weighted by atomic mass is 10.2. The van der Waals surface area contributed by atoms with Crippen molar-refractivity contribution in [2.24, 2.45) is 0 Å². The van der Waals surface area contributed by atoms with Crippen LogP contribution in [0.2, 0.25) is 0 Å². The molecule has 0 spiro atoms. The molecule has 3 heteroatoms. The molecule has 17 heavy (non-hydrogen) atoms. The van der Waals surface area contributed by atoms with Gasteiger partial charge in [0.2, 0.25) is 5.91 Å². The topological polar surface area (TPSA) is 22.0 Å². The Labute approximate surface area is 107 Å². The minimum atomic E-state index is 0.0578. The van der Waals surface area contributed by atoms with Crippen LogP contribution in [0.5, 0.6) is 0 Å². The quantitative estimate of drug-likeness (QED) is 0.624. The molecule has 0 fully saturated rings. The number of carbonyl (C=O) groups excluding carboxylic acids is 1. The minimum Gasteiger partial charge on any atom is -0.279 e.